The monoisotopic (exact) mass is 289 g/mol. The van der Waals surface area contributed by atoms with Crippen molar-refractivity contribution in [2.45, 2.75) is 32.1 Å². The Labute approximate surface area is 133 Å². The van der Waals surface area contributed by atoms with Gasteiger partial charge in [0.15, 0.2) is 0 Å². The van der Waals surface area contributed by atoms with E-state index in [0.717, 1.165) is 37.3 Å². The zero-order valence-corrected chi connectivity index (χ0v) is 13.1. The van der Waals surface area contributed by atoms with Gasteiger partial charge in [-0.1, -0.05) is 42.5 Å². The van der Waals surface area contributed by atoms with E-state index in [0.29, 0.717) is 0 Å². The molecule has 0 amide bonds. The molecule has 0 radical (unpaired) electrons. The van der Waals surface area contributed by atoms with Crippen molar-refractivity contribution in [3.63, 3.8) is 0 Å². The highest BCUT2D eigenvalue weighted by atomic mass is 14.7. The third-order valence-corrected chi connectivity index (χ3v) is 4.50. The molecule has 2 aromatic rings. The lowest BCUT2D eigenvalue weighted by molar-refractivity contribution is 0.458. The molecule has 1 aliphatic rings. The predicted molar refractivity (Wildman–Crippen MR) is 93.9 cm³/mol. The minimum Gasteiger partial charge on any atom is -0.253 e. The van der Waals surface area contributed by atoms with E-state index in [2.05, 4.69) is 49.6 Å². The molecule has 0 N–H and O–H groups in total. The summed E-state index contributed by atoms with van der Waals surface area (Å²) in [5.41, 5.74) is 6.29. The summed E-state index contributed by atoms with van der Waals surface area (Å²) in [5, 5.41) is 0. The molecule has 1 unspecified atom stereocenters. The molecule has 1 atom stereocenters. The van der Waals surface area contributed by atoms with Gasteiger partial charge in [-0.05, 0) is 55.2 Å². The zero-order valence-electron chi connectivity index (χ0n) is 13.1. The zero-order chi connectivity index (χ0) is 15.4. The Balaban J connectivity index is 1.81. The van der Waals surface area contributed by atoms with E-state index in [4.69, 9.17) is 4.98 Å². The summed E-state index contributed by atoms with van der Waals surface area (Å²) in [6, 6.07) is 13.1. The quantitative estimate of drug-likeness (QED) is 0.693. The summed E-state index contributed by atoms with van der Waals surface area (Å²) < 4.78 is 0. The third kappa shape index (κ3) is 3.19. The van der Waals surface area contributed by atoms with Crippen LogP contribution in [-0.2, 0) is 19.3 Å². The Hall–Kier alpha value is -2.15. The molecule has 0 fully saturated rings. The summed E-state index contributed by atoms with van der Waals surface area (Å²) in [4.78, 5) is 4.91. The topological polar surface area (TPSA) is 12.9 Å². The van der Waals surface area contributed by atoms with Crippen LogP contribution < -0.4 is 0 Å². The van der Waals surface area contributed by atoms with Crippen LogP contribution in [0.3, 0.4) is 0 Å². The standard InChI is InChI=1S/C21H23N/c1-3-5-16-7-10-18(11-8-16)20-14-12-19-15-17(6-4-2)9-13-21(19)22-20/h3-4,7-8,10-12,14,17H,1-2,5-6,9,13,15H2. The smallest absolute Gasteiger partial charge is 0.0705 e. The van der Waals surface area contributed by atoms with E-state index in [1.807, 2.05) is 12.2 Å². The number of hydrogen-bond acceptors (Lipinski definition) is 1. The fourth-order valence-electron chi connectivity index (χ4n) is 3.26. The second kappa shape index (κ2) is 6.74. The average Bonchev–Trinajstić information content (AvgIpc) is 2.56. The Morgan fingerprint density at radius 2 is 1.86 bits per heavy atom. The van der Waals surface area contributed by atoms with Crippen LogP contribution in [0.15, 0.2) is 61.7 Å². The number of rotatable bonds is 5. The van der Waals surface area contributed by atoms with Crippen molar-refractivity contribution in [3.05, 3.63) is 78.5 Å². The molecule has 0 saturated carbocycles. The number of hydrogen-bond donors (Lipinski definition) is 0. The van der Waals surface area contributed by atoms with Gasteiger partial charge in [0.2, 0.25) is 0 Å². The molecule has 1 aliphatic carbocycles. The van der Waals surface area contributed by atoms with Crippen LogP contribution in [0.1, 0.15) is 29.7 Å². The Morgan fingerprint density at radius 1 is 1.05 bits per heavy atom. The Kier molecular flexibility index (Phi) is 4.53. The fourth-order valence-corrected chi connectivity index (χ4v) is 3.26. The normalized spacial score (nSPS) is 16.8. The summed E-state index contributed by atoms with van der Waals surface area (Å²) >= 11 is 0. The molecule has 22 heavy (non-hydrogen) atoms. The van der Waals surface area contributed by atoms with Crippen LogP contribution >= 0.6 is 0 Å². The first-order chi connectivity index (χ1) is 10.8. The van der Waals surface area contributed by atoms with Gasteiger partial charge >= 0.3 is 0 Å². The highest BCUT2D eigenvalue weighted by Crippen LogP contribution is 2.29. The van der Waals surface area contributed by atoms with Crippen LogP contribution in [-0.4, -0.2) is 4.98 Å². The van der Waals surface area contributed by atoms with Crippen molar-refractivity contribution in [1.29, 1.82) is 0 Å². The van der Waals surface area contributed by atoms with Crippen molar-refractivity contribution < 1.29 is 0 Å². The minimum atomic E-state index is 0.746. The molecule has 1 nitrogen and oxygen atoms in total. The lowest BCUT2D eigenvalue weighted by Crippen LogP contribution is -2.15. The molecule has 0 bridgehead atoms. The third-order valence-electron chi connectivity index (χ3n) is 4.50. The molecule has 3 rings (SSSR count). The number of benzene rings is 1. The Morgan fingerprint density at radius 3 is 2.59 bits per heavy atom. The van der Waals surface area contributed by atoms with Gasteiger partial charge in [-0.15, -0.1) is 13.2 Å². The number of pyridine rings is 1. The molecule has 0 spiro atoms. The fraction of sp³-hybridized carbons (Fsp3) is 0.286. The maximum absolute atomic E-state index is 4.91. The second-order valence-corrected chi connectivity index (χ2v) is 6.13. The predicted octanol–water partition coefficient (Wildman–Crippen LogP) is 5.16. The van der Waals surface area contributed by atoms with Gasteiger partial charge in [-0.3, -0.25) is 4.98 Å². The van der Waals surface area contributed by atoms with Crippen molar-refractivity contribution in [3.8, 4) is 11.3 Å². The average molecular weight is 289 g/mol. The van der Waals surface area contributed by atoms with Gasteiger partial charge in [0, 0.05) is 11.3 Å². The van der Waals surface area contributed by atoms with E-state index in [1.165, 1.54) is 28.8 Å². The Bertz CT molecular complexity index is 667. The molecule has 112 valence electrons. The maximum Gasteiger partial charge on any atom is 0.0705 e. The molecule has 1 heteroatoms. The van der Waals surface area contributed by atoms with Crippen LogP contribution in [0.2, 0.25) is 0 Å². The van der Waals surface area contributed by atoms with Crippen LogP contribution in [0.4, 0.5) is 0 Å². The van der Waals surface area contributed by atoms with Crippen LogP contribution in [0.5, 0.6) is 0 Å². The van der Waals surface area contributed by atoms with E-state index >= 15 is 0 Å². The molecule has 1 aromatic carbocycles. The summed E-state index contributed by atoms with van der Waals surface area (Å²) in [7, 11) is 0. The van der Waals surface area contributed by atoms with Gasteiger partial charge in [0.25, 0.3) is 0 Å². The molecular weight excluding hydrogens is 266 g/mol. The molecule has 1 aromatic heterocycles. The first-order valence-electron chi connectivity index (χ1n) is 8.10. The lowest BCUT2D eigenvalue weighted by atomic mass is 9.84. The SMILES string of the molecule is C=CCc1ccc(-c2ccc3c(n2)CCC(CC=C)C3)cc1. The van der Waals surface area contributed by atoms with Gasteiger partial charge in [-0.2, -0.15) is 0 Å². The number of nitrogens with zero attached hydrogens (tertiary/aromatic N) is 1. The van der Waals surface area contributed by atoms with E-state index in [-0.39, 0.29) is 0 Å². The van der Waals surface area contributed by atoms with Gasteiger partial charge < -0.3 is 0 Å². The largest absolute Gasteiger partial charge is 0.253 e. The van der Waals surface area contributed by atoms with Crippen molar-refractivity contribution in [1.82, 2.24) is 4.98 Å². The molecular formula is C21H23N. The first kappa shape index (κ1) is 14.8. The molecule has 0 aliphatic heterocycles. The molecule has 0 saturated heterocycles. The van der Waals surface area contributed by atoms with Crippen molar-refractivity contribution in [2.24, 2.45) is 5.92 Å². The number of aryl methyl sites for hydroxylation is 1. The van der Waals surface area contributed by atoms with E-state index in [9.17, 15) is 0 Å². The minimum absolute atomic E-state index is 0.746. The van der Waals surface area contributed by atoms with Gasteiger partial charge in [-0.25, -0.2) is 0 Å². The highest BCUT2D eigenvalue weighted by Gasteiger charge is 2.19. The van der Waals surface area contributed by atoms with Crippen molar-refractivity contribution >= 4 is 0 Å². The van der Waals surface area contributed by atoms with E-state index in [1.54, 1.807) is 0 Å². The van der Waals surface area contributed by atoms with Gasteiger partial charge in [0.05, 0.1) is 5.69 Å². The first-order valence-corrected chi connectivity index (χ1v) is 8.10. The summed E-state index contributed by atoms with van der Waals surface area (Å²) in [5.74, 6) is 0.746. The van der Waals surface area contributed by atoms with E-state index < -0.39 is 0 Å². The van der Waals surface area contributed by atoms with Crippen LogP contribution in [0.25, 0.3) is 11.3 Å². The number of aromatic nitrogens is 1. The second-order valence-electron chi connectivity index (χ2n) is 6.13. The lowest BCUT2D eigenvalue weighted by Gasteiger charge is -2.23. The van der Waals surface area contributed by atoms with Crippen LogP contribution in [0, 0.1) is 5.92 Å². The van der Waals surface area contributed by atoms with Gasteiger partial charge in [0.1, 0.15) is 0 Å². The summed E-state index contributed by atoms with van der Waals surface area (Å²) in [6.45, 7) is 7.65. The highest BCUT2D eigenvalue weighted by molar-refractivity contribution is 5.60. The maximum atomic E-state index is 4.91. The number of allylic oxidation sites excluding steroid dienone is 2. The van der Waals surface area contributed by atoms with Crippen molar-refractivity contribution in [2.75, 3.05) is 0 Å². The summed E-state index contributed by atoms with van der Waals surface area (Å²) in [6.07, 6.45) is 9.49. The molecule has 1 heterocycles. The number of fused-ring (bicyclic) bond motifs is 1.